The Morgan fingerprint density at radius 1 is 0.952 bits per heavy atom. The molecule has 4 aromatic heterocycles. The second-order valence-corrected chi connectivity index (χ2v) is 24.6. The maximum Gasteiger partial charge on any atom is 0.319 e. The predicted molar refractivity (Wildman–Crippen MR) is 321 cm³/mol. The average Bonchev–Trinajstić information content (AvgIpc) is 2.90. The van der Waals surface area contributed by atoms with Crippen LogP contribution in [-0.4, -0.2) is 160 Å². The maximum absolute atomic E-state index is 17.0. The summed E-state index contributed by atoms with van der Waals surface area (Å²) in [7, 11) is 0. The van der Waals surface area contributed by atoms with Crippen molar-refractivity contribution in [2.45, 2.75) is 122 Å². The standard InChI is InChI=1S/C50H64F2N10O4.C13H14N2OS/c1-5-33-9-6-10-34-24-37(63)25-38(43(33)34)45-44(51)46-39(27-53-45)47(61-28-35-11-12-36(29-61)54-35)56-49(55-46)65-23-22-58-16-13-50(52,14-17-58)30-59-18-20-60(21-19-59)41-26-40(66-57-41)42(31(2)3)48(64)62-15-7-8-32(62)4;1-9(14-7-16)11-3-5-12(6-4-11)13-10(2)15-8-17-13/h6,9-10,24-27,31-32,35-36,42,54,63H,5,7-8,11-23,28-30H2,1-4H3;3-9H,1-2H3,(H,14,16). The summed E-state index contributed by atoms with van der Waals surface area (Å²) in [6.45, 7) is 19.8. The summed E-state index contributed by atoms with van der Waals surface area (Å²) in [5.74, 6) is 1.25. The van der Waals surface area contributed by atoms with Gasteiger partial charge in [-0.25, -0.2) is 13.8 Å². The zero-order valence-corrected chi connectivity index (χ0v) is 49.4. The molecule has 12 rings (SSSR count). The van der Waals surface area contributed by atoms with Gasteiger partial charge in [-0.05, 0) is 111 Å². The molecule has 3 aromatic carbocycles. The van der Waals surface area contributed by atoms with Gasteiger partial charge in [0, 0.05) is 108 Å². The molecular weight excluding hydrogens is 1070 g/mol. The van der Waals surface area contributed by atoms with E-state index in [2.05, 4.69) is 90.2 Å². The minimum absolute atomic E-state index is 0.0352. The highest BCUT2D eigenvalue weighted by Crippen LogP contribution is 2.40. The molecular formula is C63H78F2N12O5S. The van der Waals surface area contributed by atoms with E-state index in [0.717, 1.165) is 91.6 Å². The molecule has 5 unspecified atom stereocenters. The first-order valence-corrected chi connectivity index (χ1v) is 30.6. The topological polar surface area (TPSA) is 181 Å². The molecule has 0 spiro atoms. The van der Waals surface area contributed by atoms with Crippen LogP contribution in [0.3, 0.4) is 0 Å². The lowest BCUT2D eigenvalue weighted by molar-refractivity contribution is -0.135. The van der Waals surface area contributed by atoms with Gasteiger partial charge in [0.1, 0.15) is 41.0 Å². The number of alkyl halides is 1. The normalized spacial score (nSPS) is 20.9. The number of thiazole rings is 1. The van der Waals surface area contributed by atoms with Crippen LogP contribution in [0.1, 0.15) is 108 Å². The van der Waals surface area contributed by atoms with Crippen LogP contribution >= 0.6 is 11.3 Å². The number of benzene rings is 3. The fraction of sp³-hybridized carbons (Fsp3) is 0.508. The molecule has 0 saturated carbocycles. The fourth-order valence-electron chi connectivity index (χ4n) is 13.0. The number of aromatic hydroxyl groups is 1. The van der Waals surface area contributed by atoms with Gasteiger partial charge in [-0.15, -0.1) is 11.3 Å². The number of aryl methyl sites for hydroxylation is 2. The number of likely N-dealkylation sites (tertiary alicyclic amines) is 2. The molecule has 83 heavy (non-hydrogen) atoms. The minimum Gasteiger partial charge on any atom is -0.508 e. The summed E-state index contributed by atoms with van der Waals surface area (Å²) in [6.07, 6.45) is 8.19. The number of phenols is 1. The number of nitrogens with one attached hydrogen (secondary N) is 2. The second kappa shape index (κ2) is 25.1. The molecule has 3 N–H and O–H groups in total. The van der Waals surface area contributed by atoms with E-state index in [1.54, 1.807) is 29.7 Å². The van der Waals surface area contributed by atoms with E-state index in [-0.39, 0.29) is 59.4 Å². The van der Waals surface area contributed by atoms with Gasteiger partial charge in [0.05, 0.1) is 27.5 Å². The van der Waals surface area contributed by atoms with Crippen molar-refractivity contribution >= 4 is 57.0 Å². The lowest BCUT2D eigenvalue weighted by Gasteiger charge is -2.41. The molecule has 5 atom stereocenters. The van der Waals surface area contributed by atoms with E-state index in [4.69, 9.17) is 14.2 Å². The highest BCUT2D eigenvalue weighted by molar-refractivity contribution is 7.13. The number of rotatable bonds is 17. The van der Waals surface area contributed by atoms with Crippen molar-refractivity contribution in [2.75, 3.05) is 88.4 Å². The van der Waals surface area contributed by atoms with Crippen molar-refractivity contribution in [3.05, 3.63) is 101 Å². The van der Waals surface area contributed by atoms with Crippen LogP contribution in [-0.2, 0) is 16.0 Å². The van der Waals surface area contributed by atoms with Gasteiger partial charge in [0.15, 0.2) is 17.4 Å². The third-order valence-corrected chi connectivity index (χ3v) is 18.7. The molecule has 9 heterocycles. The van der Waals surface area contributed by atoms with Crippen molar-refractivity contribution in [1.82, 2.24) is 50.4 Å². The Bertz CT molecular complexity index is 3390. The summed E-state index contributed by atoms with van der Waals surface area (Å²) in [6, 6.07) is 20.3. The van der Waals surface area contributed by atoms with Gasteiger partial charge in [-0.3, -0.25) is 24.4 Å². The number of piperidine rings is 1. The highest BCUT2D eigenvalue weighted by Gasteiger charge is 2.40. The number of nitrogens with zero attached hydrogens (tertiary/aromatic N) is 10. The molecule has 5 saturated heterocycles. The molecule has 5 aliphatic rings. The second-order valence-electron chi connectivity index (χ2n) is 23.7. The zero-order valence-electron chi connectivity index (χ0n) is 48.6. The number of carbonyl (C=O) groups is 2. The molecule has 7 aromatic rings. The number of pyridine rings is 1. The molecule has 5 fully saturated rings. The Balaban J connectivity index is 0.000000363. The van der Waals surface area contributed by atoms with E-state index in [1.807, 2.05) is 60.7 Å². The van der Waals surface area contributed by atoms with Crippen LogP contribution in [0.2, 0.25) is 0 Å². The van der Waals surface area contributed by atoms with Crippen molar-refractivity contribution < 1.29 is 32.7 Å². The summed E-state index contributed by atoms with van der Waals surface area (Å²) in [5.41, 5.74) is 5.68. The summed E-state index contributed by atoms with van der Waals surface area (Å²) >= 11 is 1.64. The Hall–Kier alpha value is -6.87. The van der Waals surface area contributed by atoms with Crippen LogP contribution in [0.15, 0.2) is 76.9 Å². The van der Waals surface area contributed by atoms with E-state index in [9.17, 15) is 14.7 Å². The maximum atomic E-state index is 17.0. The van der Waals surface area contributed by atoms with Crippen molar-refractivity contribution in [2.24, 2.45) is 5.92 Å². The first kappa shape index (κ1) is 57.9. The molecule has 17 nitrogen and oxygen atoms in total. The molecule has 2 amide bonds. The van der Waals surface area contributed by atoms with Crippen LogP contribution < -0.4 is 25.2 Å². The zero-order chi connectivity index (χ0) is 57.9. The third-order valence-electron chi connectivity index (χ3n) is 17.8. The number of fused-ring (bicyclic) bond motifs is 4. The minimum atomic E-state index is -1.29. The Morgan fingerprint density at radius 3 is 2.39 bits per heavy atom. The number of hydrogen-bond donors (Lipinski definition) is 3. The number of carbonyl (C=O) groups excluding carboxylic acids is 2. The Labute approximate surface area is 488 Å². The van der Waals surface area contributed by atoms with E-state index >= 15 is 8.78 Å². The first-order chi connectivity index (χ1) is 40.1. The lowest BCUT2D eigenvalue weighted by atomic mass is 9.91. The fourth-order valence-corrected chi connectivity index (χ4v) is 13.9. The van der Waals surface area contributed by atoms with Crippen LogP contribution in [0.25, 0.3) is 43.4 Å². The molecule has 2 bridgehead atoms. The van der Waals surface area contributed by atoms with Gasteiger partial charge >= 0.3 is 6.01 Å². The van der Waals surface area contributed by atoms with Gasteiger partial charge in [-0.2, -0.15) is 9.97 Å². The smallest absolute Gasteiger partial charge is 0.319 e. The SMILES string of the molecule is CCc1cccc2cc(O)cc(-c3ncc4c(N5CC6CCC(C5)N6)nc(OCCN5CCC(F)(CN6CCN(c7cc(C(C(=O)N8CCCC8C)C(C)C)on7)CC6)CC5)nc4c3F)c12.Cc1ncsc1-c1ccc(C(C)NC=O)cc1. The first-order valence-electron chi connectivity index (χ1n) is 29.8. The largest absolute Gasteiger partial charge is 0.508 e. The number of piperazine rings is 2. The number of halogens is 2. The van der Waals surface area contributed by atoms with Crippen molar-refractivity contribution in [3.8, 4) is 33.5 Å². The number of hydrogen-bond acceptors (Lipinski definition) is 16. The van der Waals surface area contributed by atoms with Gasteiger partial charge in [-0.1, -0.05) is 68.4 Å². The summed E-state index contributed by atoms with van der Waals surface area (Å²) in [4.78, 5) is 54.4. The van der Waals surface area contributed by atoms with E-state index < -0.39 is 11.5 Å². The van der Waals surface area contributed by atoms with Gasteiger partial charge in [0.2, 0.25) is 12.3 Å². The molecule has 440 valence electrons. The monoisotopic (exact) mass is 1150 g/mol. The van der Waals surface area contributed by atoms with E-state index in [1.165, 1.54) is 10.4 Å². The van der Waals surface area contributed by atoms with Crippen molar-refractivity contribution in [1.29, 1.82) is 0 Å². The third kappa shape index (κ3) is 12.7. The molecule has 20 heteroatoms. The average molecular weight is 1150 g/mol. The van der Waals surface area contributed by atoms with Crippen molar-refractivity contribution in [3.63, 3.8) is 0 Å². The number of phenolic OH excluding ortho intramolecular Hbond substituents is 1. The Kier molecular flexibility index (Phi) is 17.6. The molecule has 0 aliphatic carbocycles. The van der Waals surface area contributed by atoms with Crippen LogP contribution in [0.5, 0.6) is 11.8 Å². The molecule has 5 aliphatic heterocycles. The number of ether oxygens (including phenoxy) is 1. The highest BCUT2D eigenvalue weighted by atomic mass is 32.1. The van der Waals surface area contributed by atoms with E-state index in [0.29, 0.717) is 99.8 Å². The number of amides is 2. The predicted octanol–water partition coefficient (Wildman–Crippen LogP) is 9.86. The Morgan fingerprint density at radius 2 is 1.71 bits per heavy atom. The van der Waals surface area contributed by atoms with Gasteiger partial charge < -0.3 is 39.7 Å². The summed E-state index contributed by atoms with van der Waals surface area (Å²) in [5, 5.41) is 23.7. The quantitative estimate of drug-likeness (QED) is 0.0733. The van der Waals surface area contributed by atoms with Crippen LogP contribution in [0.4, 0.5) is 20.4 Å². The summed E-state index contributed by atoms with van der Waals surface area (Å²) < 4.78 is 45.6. The van der Waals surface area contributed by atoms with Crippen LogP contribution in [0, 0.1) is 18.7 Å². The van der Waals surface area contributed by atoms with Gasteiger partial charge in [0.25, 0.3) is 0 Å². The lowest BCUT2D eigenvalue weighted by Crippen LogP contribution is -2.53. The molecule has 0 radical (unpaired) electrons. The number of anilines is 2. The number of aromatic nitrogens is 5.